The summed E-state index contributed by atoms with van der Waals surface area (Å²) in [6, 6.07) is 10.3. The average molecular weight is 282 g/mol. The molecule has 5 heteroatoms. The molecule has 0 atom stereocenters. The molecule has 0 aliphatic carbocycles. The fraction of sp³-hybridized carbons (Fsp3) is 0.188. The normalized spacial score (nSPS) is 15.6. The number of ether oxygens (including phenoxy) is 1. The summed E-state index contributed by atoms with van der Waals surface area (Å²) in [5, 5.41) is 9.15. The van der Waals surface area contributed by atoms with Gasteiger partial charge in [-0.3, -0.25) is 4.98 Å². The lowest BCUT2D eigenvalue weighted by Crippen LogP contribution is -2.32. The number of fused-ring (bicyclic) bond motifs is 1. The van der Waals surface area contributed by atoms with Crippen molar-refractivity contribution < 1.29 is 14.6 Å². The molecule has 3 rings (SSSR count). The molecule has 2 aromatic rings. The highest BCUT2D eigenvalue weighted by Crippen LogP contribution is 2.32. The minimum Gasteiger partial charge on any atom is -0.478 e. The maximum Gasteiger partial charge on any atom is 0.335 e. The van der Waals surface area contributed by atoms with Crippen molar-refractivity contribution in [2.45, 2.75) is 19.6 Å². The Balaban J connectivity index is 2.21. The Morgan fingerprint density at radius 2 is 2.05 bits per heavy atom. The largest absolute Gasteiger partial charge is 0.478 e. The van der Waals surface area contributed by atoms with Gasteiger partial charge >= 0.3 is 5.97 Å². The predicted molar refractivity (Wildman–Crippen MR) is 78.0 cm³/mol. The van der Waals surface area contributed by atoms with Crippen LogP contribution in [0.2, 0.25) is 0 Å². The van der Waals surface area contributed by atoms with Gasteiger partial charge in [0.25, 0.3) is 0 Å². The number of aromatic carboxylic acids is 1. The summed E-state index contributed by atoms with van der Waals surface area (Å²) >= 11 is 0. The van der Waals surface area contributed by atoms with Crippen LogP contribution in [0.25, 0.3) is 0 Å². The monoisotopic (exact) mass is 282 g/mol. The van der Waals surface area contributed by atoms with Gasteiger partial charge in [0.15, 0.2) is 5.72 Å². The summed E-state index contributed by atoms with van der Waals surface area (Å²) in [4.78, 5) is 20.0. The van der Waals surface area contributed by atoms with Gasteiger partial charge in [-0.2, -0.15) is 0 Å². The molecule has 1 aromatic heterocycles. The van der Waals surface area contributed by atoms with Crippen molar-refractivity contribution in [2.75, 3.05) is 0 Å². The number of carboxylic acids is 1. The first-order chi connectivity index (χ1) is 9.96. The van der Waals surface area contributed by atoms with E-state index in [9.17, 15) is 4.79 Å². The van der Waals surface area contributed by atoms with E-state index in [1.165, 1.54) is 6.07 Å². The average Bonchev–Trinajstić information content (AvgIpc) is 2.46. The minimum atomic E-state index is -0.983. The molecule has 0 fully saturated rings. The molecule has 2 heterocycles. The van der Waals surface area contributed by atoms with Crippen LogP contribution < -0.4 is 4.74 Å². The maximum atomic E-state index is 11.2. The molecule has 0 unspecified atom stereocenters. The number of nitrogens with zero attached hydrogens (tertiary/aromatic N) is 2. The van der Waals surface area contributed by atoms with Crippen molar-refractivity contribution in [3.63, 3.8) is 0 Å². The van der Waals surface area contributed by atoms with Gasteiger partial charge in [0.05, 0.1) is 17.0 Å². The first-order valence-corrected chi connectivity index (χ1v) is 6.54. The van der Waals surface area contributed by atoms with Crippen molar-refractivity contribution in [1.82, 2.24) is 4.98 Å². The number of hydrogen-bond donors (Lipinski definition) is 1. The van der Waals surface area contributed by atoms with Gasteiger partial charge in [-0.05, 0) is 44.2 Å². The molecule has 1 aliphatic rings. The van der Waals surface area contributed by atoms with E-state index >= 15 is 0 Å². The van der Waals surface area contributed by atoms with Gasteiger partial charge < -0.3 is 9.84 Å². The minimum absolute atomic E-state index is 0.195. The smallest absolute Gasteiger partial charge is 0.335 e. The summed E-state index contributed by atoms with van der Waals surface area (Å²) in [7, 11) is 0. The molecule has 0 saturated heterocycles. The lowest BCUT2D eigenvalue weighted by Gasteiger charge is -2.30. The van der Waals surface area contributed by atoms with E-state index in [0.717, 1.165) is 0 Å². The highest BCUT2D eigenvalue weighted by atomic mass is 16.5. The Labute approximate surface area is 121 Å². The van der Waals surface area contributed by atoms with Crippen LogP contribution in [-0.4, -0.2) is 27.5 Å². The van der Waals surface area contributed by atoms with E-state index in [2.05, 4.69) is 9.98 Å². The number of aliphatic imine (C=N–C) groups is 1. The van der Waals surface area contributed by atoms with Gasteiger partial charge in [0.2, 0.25) is 0 Å². The number of benzene rings is 1. The molecule has 106 valence electrons. The van der Waals surface area contributed by atoms with Crippen LogP contribution in [-0.2, 0) is 0 Å². The number of aromatic nitrogens is 1. The molecular weight excluding hydrogens is 268 g/mol. The van der Waals surface area contributed by atoms with E-state index in [4.69, 9.17) is 9.84 Å². The van der Waals surface area contributed by atoms with E-state index in [1.54, 1.807) is 18.3 Å². The van der Waals surface area contributed by atoms with E-state index < -0.39 is 11.7 Å². The Bertz CT molecular complexity index is 736. The van der Waals surface area contributed by atoms with E-state index in [0.29, 0.717) is 22.7 Å². The Morgan fingerprint density at radius 3 is 2.71 bits per heavy atom. The molecule has 0 bridgehead atoms. The predicted octanol–water partition coefficient (Wildman–Crippen LogP) is 2.75. The molecule has 1 aromatic carbocycles. The third kappa shape index (κ3) is 2.50. The molecule has 1 N–H and O–H groups in total. The van der Waals surface area contributed by atoms with Crippen LogP contribution in [0.5, 0.6) is 5.75 Å². The Morgan fingerprint density at radius 1 is 1.24 bits per heavy atom. The fourth-order valence-electron chi connectivity index (χ4n) is 2.26. The van der Waals surface area contributed by atoms with Crippen LogP contribution in [0, 0.1) is 0 Å². The number of hydrogen-bond acceptors (Lipinski definition) is 4. The van der Waals surface area contributed by atoms with E-state index in [-0.39, 0.29) is 5.56 Å². The first kappa shape index (κ1) is 13.3. The lowest BCUT2D eigenvalue weighted by atomic mass is 10.00. The van der Waals surface area contributed by atoms with Gasteiger partial charge in [-0.25, -0.2) is 9.79 Å². The van der Waals surface area contributed by atoms with Crippen LogP contribution >= 0.6 is 0 Å². The number of carboxylic acid groups (broad SMARTS) is 1. The summed E-state index contributed by atoms with van der Waals surface area (Å²) in [5.74, 6) is -0.372. The van der Waals surface area contributed by atoms with Gasteiger partial charge in [0, 0.05) is 11.8 Å². The highest BCUT2D eigenvalue weighted by molar-refractivity contribution is 6.14. The van der Waals surface area contributed by atoms with Crippen molar-refractivity contribution in [3.05, 3.63) is 59.4 Å². The topological polar surface area (TPSA) is 71.8 Å². The molecule has 5 nitrogen and oxygen atoms in total. The molecule has 0 spiro atoms. The summed E-state index contributed by atoms with van der Waals surface area (Å²) in [6.07, 6.45) is 1.68. The lowest BCUT2D eigenvalue weighted by molar-refractivity contribution is 0.0696. The Kier molecular flexibility index (Phi) is 2.97. The van der Waals surface area contributed by atoms with Gasteiger partial charge in [-0.1, -0.05) is 6.07 Å². The van der Waals surface area contributed by atoms with Crippen LogP contribution in [0.15, 0.2) is 47.6 Å². The molecule has 21 heavy (non-hydrogen) atoms. The van der Waals surface area contributed by atoms with Crippen molar-refractivity contribution in [3.8, 4) is 5.75 Å². The second-order valence-electron chi connectivity index (χ2n) is 5.24. The zero-order valence-corrected chi connectivity index (χ0v) is 11.7. The summed E-state index contributed by atoms with van der Waals surface area (Å²) in [5.41, 5.74) is 1.46. The second kappa shape index (κ2) is 4.70. The van der Waals surface area contributed by atoms with Crippen molar-refractivity contribution >= 4 is 11.7 Å². The standard InChI is InChI=1S/C16H14N2O3/c1-16(2)18-14(12-5-3-4-8-17-12)11-9-10(15(19)20)6-7-13(11)21-16/h3-9H,1-2H3,(H,19,20). The maximum absolute atomic E-state index is 11.2. The van der Waals surface area contributed by atoms with Gasteiger partial charge in [0.1, 0.15) is 5.75 Å². The fourth-order valence-corrected chi connectivity index (χ4v) is 2.26. The quantitative estimate of drug-likeness (QED) is 0.919. The molecule has 0 saturated carbocycles. The third-order valence-corrected chi connectivity index (χ3v) is 3.13. The summed E-state index contributed by atoms with van der Waals surface area (Å²) in [6.45, 7) is 3.70. The van der Waals surface area contributed by atoms with Gasteiger partial charge in [-0.15, -0.1) is 0 Å². The zero-order valence-electron chi connectivity index (χ0n) is 11.7. The van der Waals surface area contributed by atoms with Crippen LogP contribution in [0.4, 0.5) is 0 Å². The molecule has 0 radical (unpaired) electrons. The molecular formula is C16H14N2O3. The number of rotatable bonds is 2. The highest BCUT2D eigenvalue weighted by Gasteiger charge is 2.29. The van der Waals surface area contributed by atoms with Crippen molar-refractivity contribution in [2.24, 2.45) is 4.99 Å². The van der Waals surface area contributed by atoms with Crippen molar-refractivity contribution in [1.29, 1.82) is 0 Å². The second-order valence-corrected chi connectivity index (χ2v) is 5.24. The Hall–Kier alpha value is -2.69. The first-order valence-electron chi connectivity index (χ1n) is 6.54. The SMILES string of the molecule is CC1(C)N=C(c2ccccn2)c2cc(C(=O)O)ccc2O1. The molecule has 1 aliphatic heterocycles. The zero-order chi connectivity index (χ0) is 15.0. The number of carbonyl (C=O) groups is 1. The third-order valence-electron chi connectivity index (χ3n) is 3.13. The van der Waals surface area contributed by atoms with E-state index in [1.807, 2.05) is 32.0 Å². The van der Waals surface area contributed by atoms with Crippen LogP contribution in [0.1, 0.15) is 35.5 Å². The molecule has 0 amide bonds. The van der Waals surface area contributed by atoms with Crippen LogP contribution in [0.3, 0.4) is 0 Å². The summed E-state index contributed by atoms with van der Waals surface area (Å²) < 4.78 is 5.80. The number of pyridine rings is 1.